The van der Waals surface area contributed by atoms with Gasteiger partial charge < -0.3 is 14.8 Å². The molecule has 0 saturated carbocycles. The molecule has 0 aromatic carbocycles. The van der Waals surface area contributed by atoms with Crippen LogP contribution in [0.2, 0.25) is 0 Å². The van der Waals surface area contributed by atoms with Crippen LogP contribution in [0.1, 0.15) is 54.4 Å². The van der Waals surface area contributed by atoms with Gasteiger partial charge in [-0.2, -0.15) is 0 Å². The molecule has 1 aliphatic rings. The molecule has 2 aromatic heterocycles. The summed E-state index contributed by atoms with van der Waals surface area (Å²) < 4.78 is 13.9. The molecule has 3 heterocycles. The van der Waals surface area contributed by atoms with Gasteiger partial charge >= 0.3 is 6.09 Å². The molecule has 166 valence electrons. The summed E-state index contributed by atoms with van der Waals surface area (Å²) in [5, 5.41) is 8.10. The monoisotopic (exact) mass is 529 g/mol. The molecular formula is C21H32IN5O3. The molecule has 1 fully saturated rings. The highest BCUT2D eigenvalue weighted by Crippen LogP contribution is 2.30. The van der Waals surface area contributed by atoms with Crippen molar-refractivity contribution in [1.29, 1.82) is 0 Å². The largest absolute Gasteiger partial charge is 0.443 e. The molecule has 3 rings (SSSR count). The lowest BCUT2D eigenvalue weighted by molar-refractivity contribution is 0.0515. The van der Waals surface area contributed by atoms with Crippen molar-refractivity contribution in [2.75, 3.05) is 30.0 Å². The van der Waals surface area contributed by atoms with Crippen molar-refractivity contribution in [1.82, 2.24) is 14.6 Å². The molecule has 0 bridgehead atoms. The molecule has 2 aromatic rings. The third-order valence-electron chi connectivity index (χ3n) is 4.60. The maximum Gasteiger partial charge on any atom is 0.414 e. The summed E-state index contributed by atoms with van der Waals surface area (Å²) in [6.07, 6.45) is 3.22. The number of rotatable bonds is 4. The van der Waals surface area contributed by atoms with Gasteiger partial charge in [0.2, 0.25) is 0 Å². The number of amides is 1. The molecule has 1 N–H and O–H groups in total. The Balaban J connectivity index is 2.06. The summed E-state index contributed by atoms with van der Waals surface area (Å²) in [6.45, 7) is 13.9. The molecule has 0 aliphatic carbocycles. The average Bonchev–Trinajstić information content (AvgIpc) is 2.98. The standard InChI is InChI=1S/C21H32IN5O3/c1-20(2,3)24-17-11-15(18-23-12-16(22)27(18)25-17)26(19(28)30-21(4,5)6)13-14-7-9-29-10-8-14/h11-12,14H,7-10,13H2,1-6H3,(H,24,25). The van der Waals surface area contributed by atoms with Gasteiger partial charge in [0.05, 0.1) is 11.9 Å². The van der Waals surface area contributed by atoms with E-state index in [1.165, 1.54) is 0 Å². The summed E-state index contributed by atoms with van der Waals surface area (Å²) in [5.41, 5.74) is 0.559. The Bertz CT molecular complexity index is 894. The van der Waals surface area contributed by atoms with Gasteiger partial charge in [0.25, 0.3) is 0 Å². The maximum absolute atomic E-state index is 13.3. The Labute approximate surface area is 191 Å². The first-order valence-electron chi connectivity index (χ1n) is 10.3. The van der Waals surface area contributed by atoms with Gasteiger partial charge in [0.15, 0.2) is 5.65 Å². The van der Waals surface area contributed by atoms with E-state index in [0.717, 1.165) is 29.8 Å². The number of hydrogen-bond acceptors (Lipinski definition) is 6. The zero-order valence-corrected chi connectivity index (χ0v) is 20.8. The highest BCUT2D eigenvalue weighted by Gasteiger charge is 2.30. The van der Waals surface area contributed by atoms with E-state index < -0.39 is 5.60 Å². The van der Waals surface area contributed by atoms with E-state index in [2.05, 4.69) is 58.8 Å². The van der Waals surface area contributed by atoms with Crippen LogP contribution in [-0.2, 0) is 9.47 Å². The summed E-state index contributed by atoms with van der Waals surface area (Å²) in [5.74, 6) is 1.02. The zero-order chi connectivity index (χ0) is 22.1. The number of carbonyl (C=O) groups is 1. The number of imidazole rings is 1. The van der Waals surface area contributed by atoms with Gasteiger partial charge in [-0.05, 0) is 82.9 Å². The zero-order valence-electron chi connectivity index (χ0n) is 18.7. The summed E-state index contributed by atoms with van der Waals surface area (Å²) in [7, 11) is 0. The molecule has 8 nitrogen and oxygen atoms in total. The fourth-order valence-corrected chi connectivity index (χ4v) is 3.82. The number of fused-ring (bicyclic) bond motifs is 1. The second-order valence-corrected chi connectivity index (χ2v) is 10.9. The van der Waals surface area contributed by atoms with Crippen LogP contribution in [0.15, 0.2) is 12.3 Å². The van der Waals surface area contributed by atoms with Gasteiger partial charge in [-0.3, -0.25) is 4.90 Å². The summed E-state index contributed by atoms with van der Waals surface area (Å²) >= 11 is 2.20. The lowest BCUT2D eigenvalue weighted by Crippen LogP contribution is -2.41. The normalized spacial score (nSPS) is 16.0. The Morgan fingerprint density at radius 2 is 1.97 bits per heavy atom. The van der Waals surface area contributed by atoms with Crippen molar-refractivity contribution >= 4 is 45.8 Å². The Kier molecular flexibility index (Phi) is 6.81. The van der Waals surface area contributed by atoms with E-state index >= 15 is 0 Å². The predicted octanol–water partition coefficient (Wildman–Crippen LogP) is 4.71. The number of ether oxygens (including phenoxy) is 2. The fraction of sp³-hybridized carbons (Fsp3) is 0.667. The van der Waals surface area contributed by atoms with Crippen LogP contribution >= 0.6 is 22.6 Å². The Morgan fingerprint density at radius 3 is 2.57 bits per heavy atom. The molecule has 0 spiro atoms. The SMILES string of the molecule is CC(C)(C)Nc1cc(N(CC2CCOCC2)C(=O)OC(C)(C)C)c2ncc(I)n2n1. The number of halogens is 1. The molecule has 9 heteroatoms. The number of aromatic nitrogens is 3. The highest BCUT2D eigenvalue weighted by molar-refractivity contribution is 14.1. The number of carbonyl (C=O) groups excluding carboxylic acids is 1. The highest BCUT2D eigenvalue weighted by atomic mass is 127. The Hall–Kier alpha value is -1.62. The molecule has 1 amide bonds. The van der Waals surface area contributed by atoms with Crippen molar-refractivity contribution < 1.29 is 14.3 Å². The first kappa shape index (κ1) is 23.1. The van der Waals surface area contributed by atoms with Crippen LogP contribution in [0.5, 0.6) is 0 Å². The minimum Gasteiger partial charge on any atom is -0.443 e. The van der Waals surface area contributed by atoms with Crippen molar-refractivity contribution in [2.45, 2.75) is 65.5 Å². The van der Waals surface area contributed by atoms with Crippen LogP contribution in [0.4, 0.5) is 16.3 Å². The van der Waals surface area contributed by atoms with Gasteiger partial charge in [0.1, 0.15) is 15.1 Å². The van der Waals surface area contributed by atoms with Crippen LogP contribution < -0.4 is 10.2 Å². The van der Waals surface area contributed by atoms with Gasteiger partial charge in [0, 0.05) is 31.4 Å². The third-order valence-corrected chi connectivity index (χ3v) is 5.33. The van der Waals surface area contributed by atoms with Gasteiger partial charge in [-0.1, -0.05) is 0 Å². The van der Waals surface area contributed by atoms with Crippen molar-refractivity contribution in [3.63, 3.8) is 0 Å². The summed E-state index contributed by atoms with van der Waals surface area (Å²) in [6, 6.07) is 1.90. The average molecular weight is 529 g/mol. The van der Waals surface area contributed by atoms with Crippen LogP contribution in [-0.4, -0.2) is 51.6 Å². The quantitative estimate of drug-likeness (QED) is 0.578. The second kappa shape index (κ2) is 8.86. The topological polar surface area (TPSA) is 81.0 Å². The molecule has 0 unspecified atom stereocenters. The van der Waals surface area contributed by atoms with E-state index in [4.69, 9.17) is 9.47 Å². The third kappa shape index (κ3) is 5.96. The van der Waals surface area contributed by atoms with Crippen molar-refractivity contribution in [2.24, 2.45) is 5.92 Å². The van der Waals surface area contributed by atoms with Crippen LogP contribution in [0, 0.1) is 9.62 Å². The molecule has 1 aliphatic heterocycles. The first-order valence-corrected chi connectivity index (χ1v) is 11.4. The van der Waals surface area contributed by atoms with Crippen molar-refractivity contribution in [3.8, 4) is 0 Å². The lowest BCUT2D eigenvalue weighted by Gasteiger charge is -2.32. The molecule has 30 heavy (non-hydrogen) atoms. The first-order chi connectivity index (χ1) is 13.9. The van der Waals surface area contributed by atoms with Crippen molar-refractivity contribution in [3.05, 3.63) is 16.0 Å². The number of hydrogen-bond donors (Lipinski definition) is 1. The van der Waals surface area contributed by atoms with Gasteiger partial charge in [-0.25, -0.2) is 14.3 Å². The predicted molar refractivity (Wildman–Crippen MR) is 126 cm³/mol. The number of anilines is 2. The van der Waals surface area contributed by atoms with Crippen LogP contribution in [0.3, 0.4) is 0 Å². The van der Waals surface area contributed by atoms with E-state index in [-0.39, 0.29) is 11.6 Å². The minimum atomic E-state index is -0.593. The molecule has 0 radical (unpaired) electrons. The summed E-state index contributed by atoms with van der Waals surface area (Å²) in [4.78, 5) is 19.5. The fourth-order valence-electron chi connectivity index (χ4n) is 3.34. The van der Waals surface area contributed by atoms with Crippen LogP contribution in [0.25, 0.3) is 5.65 Å². The van der Waals surface area contributed by atoms with Gasteiger partial charge in [-0.15, -0.1) is 5.10 Å². The van der Waals surface area contributed by atoms with E-state index in [1.54, 1.807) is 15.6 Å². The number of nitrogens with one attached hydrogen (secondary N) is 1. The Morgan fingerprint density at radius 1 is 1.30 bits per heavy atom. The molecular weight excluding hydrogens is 497 g/mol. The number of nitrogens with zero attached hydrogens (tertiary/aromatic N) is 4. The molecule has 1 saturated heterocycles. The van der Waals surface area contributed by atoms with E-state index in [1.807, 2.05) is 26.8 Å². The minimum absolute atomic E-state index is 0.179. The lowest BCUT2D eigenvalue weighted by atomic mass is 9.99. The second-order valence-electron chi connectivity index (χ2n) is 9.75. The maximum atomic E-state index is 13.3. The molecule has 0 atom stereocenters. The van der Waals surface area contributed by atoms with E-state index in [9.17, 15) is 4.79 Å². The van der Waals surface area contributed by atoms with E-state index in [0.29, 0.717) is 29.6 Å². The smallest absolute Gasteiger partial charge is 0.414 e.